The molecular weight excluding hydrogens is 318 g/mol. The third-order valence-electron chi connectivity index (χ3n) is 4.27. The largest absolute Gasteiger partial charge is 0.497 e. The topological polar surface area (TPSA) is 103 Å². The predicted octanol–water partition coefficient (Wildman–Crippen LogP) is 0.365. The van der Waals surface area contributed by atoms with Crippen molar-refractivity contribution in [1.82, 2.24) is 19.9 Å². The third kappa shape index (κ3) is 3.80. The van der Waals surface area contributed by atoms with Crippen molar-refractivity contribution in [1.29, 1.82) is 0 Å². The van der Waals surface area contributed by atoms with Crippen LogP contribution in [0.4, 0.5) is 0 Å². The number of rotatable bonds is 5. The maximum Gasteiger partial charge on any atom is 0.210 e. The number of nitrogens with two attached hydrogens (primary N) is 1. The maximum atomic E-state index is 11.0. The molecule has 23 heavy (non-hydrogen) atoms. The van der Waals surface area contributed by atoms with Crippen LogP contribution in [0.15, 0.2) is 18.2 Å². The summed E-state index contributed by atoms with van der Waals surface area (Å²) in [7, 11) is -1.77. The van der Waals surface area contributed by atoms with E-state index in [0.717, 1.165) is 42.7 Å². The molecule has 1 fully saturated rings. The van der Waals surface area contributed by atoms with Crippen LogP contribution in [-0.4, -0.2) is 60.8 Å². The van der Waals surface area contributed by atoms with Gasteiger partial charge >= 0.3 is 0 Å². The molecule has 8 nitrogen and oxygen atoms in total. The minimum atomic E-state index is -3.40. The predicted molar refractivity (Wildman–Crippen MR) is 86.8 cm³/mol. The van der Waals surface area contributed by atoms with Gasteiger partial charge in [-0.1, -0.05) is 5.21 Å². The first-order valence-electron chi connectivity index (χ1n) is 7.58. The lowest BCUT2D eigenvalue weighted by molar-refractivity contribution is 0.189. The van der Waals surface area contributed by atoms with Gasteiger partial charge in [-0.15, -0.1) is 5.10 Å². The Bertz CT molecular complexity index is 781. The maximum absolute atomic E-state index is 11.0. The molecule has 1 aliphatic heterocycles. The zero-order valence-electron chi connectivity index (χ0n) is 13.1. The van der Waals surface area contributed by atoms with E-state index in [2.05, 4.69) is 15.2 Å². The van der Waals surface area contributed by atoms with Gasteiger partial charge in [-0.2, -0.15) is 0 Å². The molecule has 9 heteroatoms. The highest BCUT2D eigenvalue weighted by Crippen LogP contribution is 2.26. The highest BCUT2D eigenvalue weighted by Gasteiger charge is 2.23. The Morgan fingerprint density at radius 1 is 1.35 bits per heavy atom. The SMILES string of the molecule is COc1ccc2c(c1)nnn2C1CCN(CCS(N)(=O)=O)CC1. The Hall–Kier alpha value is -1.71. The quantitative estimate of drug-likeness (QED) is 0.844. The summed E-state index contributed by atoms with van der Waals surface area (Å²) < 4.78 is 29.3. The molecule has 0 amide bonds. The molecule has 2 aromatic rings. The number of ether oxygens (including phenoxy) is 1. The van der Waals surface area contributed by atoms with Gasteiger partial charge in [0.1, 0.15) is 11.3 Å². The second kappa shape index (κ2) is 6.42. The van der Waals surface area contributed by atoms with Crippen molar-refractivity contribution in [3.63, 3.8) is 0 Å². The lowest BCUT2D eigenvalue weighted by Crippen LogP contribution is -2.38. The minimum Gasteiger partial charge on any atom is -0.497 e. The van der Waals surface area contributed by atoms with Gasteiger partial charge in [0.15, 0.2) is 0 Å². The van der Waals surface area contributed by atoms with Crippen LogP contribution >= 0.6 is 0 Å². The van der Waals surface area contributed by atoms with Crippen LogP contribution in [0, 0.1) is 0 Å². The van der Waals surface area contributed by atoms with Crippen LogP contribution in [0.3, 0.4) is 0 Å². The molecule has 0 atom stereocenters. The van der Waals surface area contributed by atoms with Gasteiger partial charge in [-0.05, 0) is 25.0 Å². The molecule has 1 aliphatic rings. The molecule has 1 aromatic carbocycles. The van der Waals surface area contributed by atoms with E-state index in [1.54, 1.807) is 7.11 Å². The number of sulfonamides is 1. The molecular formula is C14H21N5O3S. The van der Waals surface area contributed by atoms with E-state index < -0.39 is 10.0 Å². The molecule has 0 unspecified atom stereocenters. The fourth-order valence-corrected chi connectivity index (χ4v) is 3.47. The van der Waals surface area contributed by atoms with Gasteiger partial charge in [-0.25, -0.2) is 18.2 Å². The third-order valence-corrected chi connectivity index (χ3v) is 5.02. The van der Waals surface area contributed by atoms with Crippen molar-refractivity contribution >= 4 is 21.1 Å². The Balaban J connectivity index is 1.66. The van der Waals surface area contributed by atoms with Gasteiger partial charge in [0.2, 0.25) is 10.0 Å². The number of aromatic nitrogens is 3. The zero-order chi connectivity index (χ0) is 16.4. The van der Waals surface area contributed by atoms with Crippen LogP contribution in [-0.2, 0) is 10.0 Å². The summed E-state index contributed by atoms with van der Waals surface area (Å²) in [5.74, 6) is 0.770. The fraction of sp³-hybridized carbons (Fsp3) is 0.571. The van der Waals surface area contributed by atoms with E-state index in [1.165, 1.54) is 0 Å². The molecule has 0 bridgehead atoms. The number of piperidine rings is 1. The van der Waals surface area contributed by atoms with E-state index in [4.69, 9.17) is 9.88 Å². The molecule has 2 heterocycles. The average molecular weight is 339 g/mol. The molecule has 0 saturated carbocycles. The monoisotopic (exact) mass is 339 g/mol. The highest BCUT2D eigenvalue weighted by atomic mass is 32.2. The van der Waals surface area contributed by atoms with Crippen molar-refractivity contribution in [3.8, 4) is 5.75 Å². The number of methoxy groups -OCH3 is 1. The van der Waals surface area contributed by atoms with Crippen LogP contribution < -0.4 is 9.88 Å². The minimum absolute atomic E-state index is 0.00369. The summed E-state index contributed by atoms with van der Waals surface area (Å²) in [5.41, 5.74) is 1.81. The summed E-state index contributed by atoms with van der Waals surface area (Å²) in [5, 5.41) is 13.6. The van der Waals surface area contributed by atoms with E-state index in [9.17, 15) is 8.42 Å². The number of likely N-dealkylation sites (tertiary alicyclic amines) is 1. The van der Waals surface area contributed by atoms with E-state index >= 15 is 0 Å². The number of hydrogen-bond donors (Lipinski definition) is 1. The Labute approximate surface area is 135 Å². The lowest BCUT2D eigenvalue weighted by Gasteiger charge is -2.31. The first kappa shape index (κ1) is 16.2. The Morgan fingerprint density at radius 2 is 2.09 bits per heavy atom. The van der Waals surface area contributed by atoms with E-state index in [0.29, 0.717) is 6.54 Å². The van der Waals surface area contributed by atoms with Crippen molar-refractivity contribution in [2.45, 2.75) is 18.9 Å². The number of benzene rings is 1. The molecule has 126 valence electrons. The van der Waals surface area contributed by atoms with Crippen molar-refractivity contribution < 1.29 is 13.2 Å². The highest BCUT2D eigenvalue weighted by molar-refractivity contribution is 7.89. The molecule has 0 aliphatic carbocycles. The normalized spacial score (nSPS) is 17.7. The smallest absolute Gasteiger partial charge is 0.210 e. The van der Waals surface area contributed by atoms with Gasteiger partial charge in [0.25, 0.3) is 0 Å². The van der Waals surface area contributed by atoms with Crippen LogP contribution in [0.1, 0.15) is 18.9 Å². The van der Waals surface area contributed by atoms with Crippen molar-refractivity contribution in [3.05, 3.63) is 18.2 Å². The molecule has 3 rings (SSSR count). The van der Waals surface area contributed by atoms with Crippen molar-refractivity contribution in [2.75, 3.05) is 32.5 Å². The molecule has 0 radical (unpaired) electrons. The van der Waals surface area contributed by atoms with Crippen LogP contribution in [0.2, 0.25) is 0 Å². The van der Waals surface area contributed by atoms with Gasteiger partial charge in [0.05, 0.1) is 24.4 Å². The van der Waals surface area contributed by atoms with Gasteiger partial charge in [0, 0.05) is 25.7 Å². The molecule has 1 saturated heterocycles. The van der Waals surface area contributed by atoms with Crippen molar-refractivity contribution in [2.24, 2.45) is 5.14 Å². The summed E-state index contributed by atoms with van der Waals surface area (Å²) in [6.07, 6.45) is 1.82. The fourth-order valence-electron chi connectivity index (χ4n) is 2.96. The number of hydrogen-bond acceptors (Lipinski definition) is 6. The first-order valence-corrected chi connectivity index (χ1v) is 9.29. The summed E-state index contributed by atoms with van der Waals surface area (Å²) in [4.78, 5) is 2.13. The average Bonchev–Trinajstić information content (AvgIpc) is 2.95. The summed E-state index contributed by atoms with van der Waals surface area (Å²) in [6.45, 7) is 2.15. The van der Waals surface area contributed by atoms with Crippen LogP contribution in [0.5, 0.6) is 5.75 Å². The van der Waals surface area contributed by atoms with Gasteiger partial charge < -0.3 is 9.64 Å². The first-order chi connectivity index (χ1) is 11.0. The van der Waals surface area contributed by atoms with E-state index in [1.807, 2.05) is 22.9 Å². The standard InChI is InChI=1S/C14H21N5O3S/c1-22-12-2-3-14-13(10-12)16-17-19(14)11-4-6-18(7-5-11)8-9-23(15,20)21/h2-3,10-11H,4-9H2,1H3,(H2,15,20,21). The van der Waals surface area contributed by atoms with E-state index in [-0.39, 0.29) is 11.8 Å². The lowest BCUT2D eigenvalue weighted by atomic mass is 10.1. The van der Waals surface area contributed by atoms with Crippen LogP contribution in [0.25, 0.3) is 11.0 Å². The Kier molecular flexibility index (Phi) is 4.51. The molecule has 0 spiro atoms. The summed E-state index contributed by atoms with van der Waals surface area (Å²) in [6, 6.07) is 6.03. The number of primary sulfonamides is 1. The Morgan fingerprint density at radius 3 is 2.74 bits per heavy atom. The number of fused-ring (bicyclic) bond motifs is 1. The summed E-state index contributed by atoms with van der Waals surface area (Å²) >= 11 is 0. The molecule has 2 N–H and O–H groups in total. The van der Waals surface area contributed by atoms with Gasteiger partial charge in [-0.3, -0.25) is 0 Å². The second-order valence-corrected chi connectivity index (χ2v) is 7.56. The second-order valence-electron chi connectivity index (χ2n) is 5.83. The zero-order valence-corrected chi connectivity index (χ0v) is 13.9. The molecule has 1 aromatic heterocycles. The number of nitrogens with zero attached hydrogens (tertiary/aromatic N) is 4.